The van der Waals surface area contributed by atoms with Gasteiger partial charge in [-0.05, 0) is 6.92 Å². The van der Waals surface area contributed by atoms with Crippen LogP contribution in [0.3, 0.4) is 0 Å². The largest absolute Gasteiger partial charge is 0.463 e. The molecular weight excluding hydrogens is 346 g/mol. The Kier molecular flexibility index (Phi) is 7.27. The molecule has 9 nitrogen and oxygen atoms in total. The number of hydrogen-bond acceptors (Lipinski definition) is 8. The molecule has 2 bridgehead atoms. The first-order valence-corrected chi connectivity index (χ1v) is 8.50. The molecule has 3 N–H and O–H groups in total. The second-order valence-corrected chi connectivity index (χ2v) is 6.61. The van der Waals surface area contributed by atoms with Gasteiger partial charge in [0.25, 0.3) is 0 Å². The molecule has 1 fully saturated rings. The second-order valence-electron chi connectivity index (χ2n) is 6.61. The van der Waals surface area contributed by atoms with Crippen LogP contribution in [0.25, 0.3) is 0 Å². The Labute approximate surface area is 151 Å². The zero-order chi connectivity index (χ0) is 19.2. The highest BCUT2D eigenvalue weighted by molar-refractivity contribution is 5.84. The Bertz CT molecular complexity index is 545. The van der Waals surface area contributed by atoms with E-state index in [9.17, 15) is 14.4 Å². The van der Waals surface area contributed by atoms with Gasteiger partial charge in [0, 0.05) is 6.54 Å². The van der Waals surface area contributed by atoms with Crippen LogP contribution in [0.4, 0.5) is 0 Å². The summed E-state index contributed by atoms with van der Waals surface area (Å²) >= 11 is 0. The van der Waals surface area contributed by atoms with Crippen molar-refractivity contribution in [3.05, 3.63) is 12.2 Å². The van der Waals surface area contributed by atoms with Gasteiger partial charge in [0.2, 0.25) is 5.91 Å². The summed E-state index contributed by atoms with van der Waals surface area (Å²) in [6.07, 6.45) is 3.68. The summed E-state index contributed by atoms with van der Waals surface area (Å²) in [6.45, 7) is 0.918. The molecule has 26 heavy (non-hydrogen) atoms. The van der Waals surface area contributed by atoms with Crippen molar-refractivity contribution in [1.29, 1.82) is 0 Å². The number of nitrogens with one attached hydrogen (secondary N) is 1. The molecule has 2 aliphatic heterocycles. The fourth-order valence-corrected chi connectivity index (χ4v) is 2.84. The summed E-state index contributed by atoms with van der Waals surface area (Å²) in [5, 5.41) is 20.9. The fourth-order valence-electron chi connectivity index (χ4n) is 2.84. The van der Waals surface area contributed by atoms with Gasteiger partial charge in [0.15, 0.2) is 0 Å². The molecule has 0 spiro atoms. The number of hydrogen-bond donors (Lipinski definition) is 3. The number of ether oxygens (including phenoxy) is 3. The lowest BCUT2D eigenvalue weighted by molar-refractivity contribution is -0.161. The molecule has 4 atom stereocenters. The van der Waals surface area contributed by atoms with Crippen LogP contribution in [-0.4, -0.2) is 80.2 Å². The smallest absolute Gasteiger partial charge is 0.316 e. The fraction of sp³-hybridized carbons (Fsp3) is 0.706. The minimum Gasteiger partial charge on any atom is -0.463 e. The lowest BCUT2D eigenvalue weighted by atomic mass is 9.83. The minimum atomic E-state index is -1.33. The number of aldehydes is 1. The van der Waals surface area contributed by atoms with E-state index in [-0.39, 0.29) is 44.5 Å². The van der Waals surface area contributed by atoms with Crippen LogP contribution in [0.1, 0.15) is 6.92 Å². The van der Waals surface area contributed by atoms with Crippen molar-refractivity contribution >= 4 is 18.2 Å². The van der Waals surface area contributed by atoms with Gasteiger partial charge < -0.3 is 34.5 Å². The summed E-state index contributed by atoms with van der Waals surface area (Å²) in [4.78, 5) is 35.0. The monoisotopic (exact) mass is 371 g/mol. The summed E-state index contributed by atoms with van der Waals surface area (Å²) in [5.74, 6) is -1.94. The van der Waals surface area contributed by atoms with Crippen molar-refractivity contribution in [3.8, 4) is 0 Å². The first-order valence-electron chi connectivity index (χ1n) is 8.50. The molecule has 0 aromatic rings. The predicted molar refractivity (Wildman–Crippen MR) is 87.9 cm³/mol. The van der Waals surface area contributed by atoms with Crippen LogP contribution in [-0.2, 0) is 28.6 Å². The Morgan fingerprint density at radius 3 is 2.54 bits per heavy atom. The van der Waals surface area contributed by atoms with Gasteiger partial charge in [-0.2, -0.15) is 0 Å². The van der Waals surface area contributed by atoms with E-state index in [1.807, 2.05) is 0 Å². The van der Waals surface area contributed by atoms with Crippen LogP contribution >= 0.6 is 0 Å². The number of aliphatic hydroxyl groups is 2. The van der Waals surface area contributed by atoms with Crippen LogP contribution in [0.2, 0.25) is 0 Å². The van der Waals surface area contributed by atoms with E-state index in [4.69, 9.17) is 24.4 Å². The van der Waals surface area contributed by atoms with Crippen molar-refractivity contribution in [1.82, 2.24) is 5.32 Å². The molecule has 0 aromatic carbocycles. The molecule has 2 aliphatic rings. The van der Waals surface area contributed by atoms with Gasteiger partial charge in [-0.1, -0.05) is 12.2 Å². The predicted octanol–water partition coefficient (Wildman–Crippen LogP) is -1.58. The molecule has 0 aromatic heterocycles. The van der Waals surface area contributed by atoms with Crippen LogP contribution in [0.15, 0.2) is 12.2 Å². The van der Waals surface area contributed by atoms with E-state index in [0.29, 0.717) is 0 Å². The van der Waals surface area contributed by atoms with E-state index in [0.717, 1.165) is 6.29 Å². The number of aliphatic hydroxyl groups excluding tert-OH is 2. The van der Waals surface area contributed by atoms with Gasteiger partial charge in [-0.3, -0.25) is 9.59 Å². The highest BCUT2D eigenvalue weighted by Gasteiger charge is 2.49. The number of esters is 1. The Balaban J connectivity index is 1.58. The molecule has 146 valence electrons. The molecule has 0 saturated carbocycles. The van der Waals surface area contributed by atoms with Gasteiger partial charge in [-0.15, -0.1) is 0 Å². The van der Waals surface area contributed by atoms with Gasteiger partial charge in [0.1, 0.15) is 18.3 Å². The van der Waals surface area contributed by atoms with E-state index in [1.165, 1.54) is 6.92 Å². The standard InChI is InChI=1S/C17H25NO8/c1-17(9-20,10-21)16(23)25-7-6-24-5-4-18-15(22)14-11(8-19)12-2-3-13(14)26-12/h2-3,8,11-14,20-21H,4-7,9-10H2,1H3,(H,18,22)/t11-,12?,13?,14-/m0/s1. The SMILES string of the molecule is CC(CO)(CO)C(=O)OCCOCCNC(=O)[C@@H]1C2C=CC(O2)[C@@H]1C=O. The quantitative estimate of drug-likeness (QED) is 0.172. The molecule has 1 saturated heterocycles. The molecule has 0 aliphatic carbocycles. The highest BCUT2D eigenvalue weighted by Crippen LogP contribution is 2.37. The first kappa shape index (κ1) is 20.5. The number of amides is 1. The van der Waals surface area contributed by atoms with Crippen molar-refractivity contribution in [2.75, 3.05) is 39.6 Å². The molecular formula is C17H25NO8. The number of carbonyl (C=O) groups excluding carboxylic acids is 3. The summed E-state index contributed by atoms with van der Waals surface area (Å²) < 4.78 is 15.7. The molecule has 1 amide bonds. The maximum absolute atomic E-state index is 12.2. The number of fused-ring (bicyclic) bond motifs is 2. The average molecular weight is 371 g/mol. The van der Waals surface area contributed by atoms with Crippen molar-refractivity contribution < 1.29 is 38.8 Å². The van der Waals surface area contributed by atoms with Gasteiger partial charge >= 0.3 is 5.97 Å². The minimum absolute atomic E-state index is 0.0272. The van der Waals surface area contributed by atoms with Crippen LogP contribution in [0.5, 0.6) is 0 Å². The van der Waals surface area contributed by atoms with E-state index in [2.05, 4.69) is 5.32 Å². The third-order valence-electron chi connectivity index (χ3n) is 4.61. The Morgan fingerprint density at radius 2 is 1.88 bits per heavy atom. The average Bonchev–Trinajstić information content (AvgIpc) is 3.27. The van der Waals surface area contributed by atoms with Crippen LogP contribution < -0.4 is 5.32 Å². The van der Waals surface area contributed by atoms with Crippen molar-refractivity contribution in [2.24, 2.45) is 17.3 Å². The van der Waals surface area contributed by atoms with E-state index >= 15 is 0 Å². The number of rotatable bonds is 11. The summed E-state index contributed by atoms with van der Waals surface area (Å²) in [7, 11) is 0. The Morgan fingerprint density at radius 1 is 1.19 bits per heavy atom. The normalized spacial score (nSPS) is 26.7. The third-order valence-corrected chi connectivity index (χ3v) is 4.61. The molecule has 2 unspecified atom stereocenters. The van der Waals surface area contributed by atoms with E-state index in [1.54, 1.807) is 12.2 Å². The molecule has 2 rings (SSSR count). The van der Waals surface area contributed by atoms with Crippen LogP contribution in [0, 0.1) is 17.3 Å². The molecule has 0 radical (unpaired) electrons. The van der Waals surface area contributed by atoms with E-state index < -0.39 is 36.4 Å². The van der Waals surface area contributed by atoms with Gasteiger partial charge in [0.05, 0.1) is 50.5 Å². The maximum atomic E-state index is 12.2. The second kappa shape index (κ2) is 9.22. The molecule has 9 heteroatoms. The van der Waals surface area contributed by atoms with Crippen molar-refractivity contribution in [2.45, 2.75) is 19.1 Å². The zero-order valence-electron chi connectivity index (χ0n) is 14.6. The maximum Gasteiger partial charge on any atom is 0.316 e. The number of carbonyl (C=O) groups is 3. The first-order chi connectivity index (χ1) is 12.5. The summed E-state index contributed by atoms with van der Waals surface area (Å²) in [5.41, 5.74) is -1.33. The summed E-state index contributed by atoms with van der Waals surface area (Å²) in [6, 6.07) is 0. The highest BCUT2D eigenvalue weighted by atomic mass is 16.6. The Hall–Kier alpha value is -1.81. The lowest BCUT2D eigenvalue weighted by Gasteiger charge is -2.22. The molecule has 2 heterocycles. The lowest BCUT2D eigenvalue weighted by Crippen LogP contribution is -2.41. The van der Waals surface area contributed by atoms with Crippen molar-refractivity contribution in [3.63, 3.8) is 0 Å². The third kappa shape index (κ3) is 4.47. The topological polar surface area (TPSA) is 131 Å². The zero-order valence-corrected chi connectivity index (χ0v) is 14.6. The van der Waals surface area contributed by atoms with Gasteiger partial charge in [-0.25, -0.2) is 0 Å².